The number of hydrogen-bond acceptors (Lipinski definition) is 10. The molecule has 5 fully saturated rings. The Labute approximate surface area is 332 Å². The Hall–Kier alpha value is -5.19. The highest BCUT2D eigenvalue weighted by Gasteiger charge is 2.46. The number of fused-ring (bicyclic) bond motifs is 1. The van der Waals surface area contributed by atoms with Crippen LogP contribution in [-0.2, 0) is 9.59 Å². The second-order valence-electron chi connectivity index (χ2n) is 16.5. The third-order valence-corrected chi connectivity index (χ3v) is 13.3. The topological polar surface area (TPSA) is 117 Å². The van der Waals surface area contributed by atoms with E-state index in [1.807, 2.05) is 30.5 Å². The molecule has 5 saturated heterocycles. The first-order valence-electron chi connectivity index (χ1n) is 19.8. The van der Waals surface area contributed by atoms with Crippen LogP contribution < -0.4 is 24.9 Å². The number of benzene rings is 2. The fraction of sp³-hybridized carbons (Fsp3) is 0.476. The molecule has 6 aliphatic heterocycles. The molecule has 0 radical (unpaired) electrons. The van der Waals surface area contributed by atoms with Crippen molar-refractivity contribution in [3.05, 3.63) is 82.3 Å². The number of aromatic nitrogens is 1. The highest BCUT2D eigenvalue weighted by Crippen LogP contribution is 2.46. The molecule has 13 nitrogen and oxygen atoms in total. The molecular weight excluding hydrogens is 730 g/mol. The van der Waals surface area contributed by atoms with E-state index in [9.17, 15) is 19.2 Å². The van der Waals surface area contributed by atoms with Crippen LogP contribution in [-0.4, -0.2) is 116 Å². The van der Waals surface area contributed by atoms with E-state index in [1.165, 1.54) is 12.1 Å². The van der Waals surface area contributed by atoms with Gasteiger partial charge in [-0.3, -0.25) is 34.3 Å². The van der Waals surface area contributed by atoms with Crippen molar-refractivity contribution in [2.45, 2.75) is 51.1 Å². The van der Waals surface area contributed by atoms with Crippen molar-refractivity contribution in [1.29, 1.82) is 0 Å². The van der Waals surface area contributed by atoms with Gasteiger partial charge in [-0.1, -0.05) is 17.7 Å². The molecule has 6 aliphatic rings. The Morgan fingerprint density at radius 2 is 1.59 bits per heavy atom. The maximum Gasteiger partial charge on any atom is 0.262 e. The van der Waals surface area contributed by atoms with Gasteiger partial charge in [0.05, 0.1) is 29.6 Å². The Bertz CT molecular complexity index is 2120. The molecule has 2 atom stereocenters. The minimum absolute atomic E-state index is 0.102. The van der Waals surface area contributed by atoms with Gasteiger partial charge in [0.15, 0.2) is 0 Å². The standard InChI is InChI=1S/C42H46ClN9O4/c1-27-21-42(26-51(27)30-4-7-35(44-2)34(43)20-30)11-13-48(14-12-42)31-5-9-37(45-22-31)49-17-15-47(16-18-49)23-28-24-50(25-28)29-3-6-32-33(19-29)41(56)52(40(32)55)36-8-10-38(53)46-39(36)54/h3-7,9,19-20,22,27-28,36H,8,10-18,21,23-26H2,1H3,(H,46,53,54)/t27-,36?/m0/s1. The van der Waals surface area contributed by atoms with Gasteiger partial charge in [-0.25, -0.2) is 9.83 Å². The molecule has 0 aliphatic carbocycles. The number of imide groups is 2. The normalized spacial score (nSPS) is 24.1. The number of hydrogen-bond donors (Lipinski definition) is 1. The molecule has 1 unspecified atom stereocenters. The number of anilines is 4. The van der Waals surface area contributed by atoms with Gasteiger partial charge in [-0.15, -0.1) is 0 Å². The predicted octanol–water partition coefficient (Wildman–Crippen LogP) is 4.83. The largest absolute Gasteiger partial charge is 0.371 e. The molecule has 0 saturated carbocycles. The SMILES string of the molecule is [C-]#[N+]c1ccc(N2CC3(CCN(c4ccc(N5CCN(CC6CN(c7ccc8c(c7)C(=O)N(C7CCC(=O)NC7=O)C8=O)C6)CC5)nc4)CC3)C[C@@H]2C)cc1Cl. The van der Waals surface area contributed by atoms with Crippen molar-refractivity contribution in [1.82, 2.24) is 20.1 Å². The summed E-state index contributed by atoms with van der Waals surface area (Å²) >= 11 is 6.39. The van der Waals surface area contributed by atoms with Crippen molar-refractivity contribution in [2.24, 2.45) is 11.3 Å². The second kappa shape index (κ2) is 14.4. The summed E-state index contributed by atoms with van der Waals surface area (Å²) in [7, 11) is 0. The fourth-order valence-corrected chi connectivity index (χ4v) is 10.1. The second-order valence-corrected chi connectivity index (χ2v) is 16.9. The van der Waals surface area contributed by atoms with Crippen molar-refractivity contribution in [2.75, 3.05) is 85.0 Å². The van der Waals surface area contributed by atoms with Crippen LogP contribution in [0.25, 0.3) is 4.85 Å². The number of piperidine rings is 2. The van der Waals surface area contributed by atoms with E-state index in [1.54, 1.807) is 12.1 Å². The zero-order valence-corrected chi connectivity index (χ0v) is 32.4. The van der Waals surface area contributed by atoms with Crippen LogP contribution >= 0.6 is 11.6 Å². The number of piperazine rings is 1. The Morgan fingerprint density at radius 1 is 0.857 bits per heavy atom. The van der Waals surface area contributed by atoms with E-state index in [0.29, 0.717) is 39.2 Å². The molecule has 4 amide bonds. The average molecular weight is 776 g/mol. The Morgan fingerprint density at radius 3 is 2.29 bits per heavy atom. The molecular formula is C42H46ClN9O4. The van der Waals surface area contributed by atoms with Crippen LogP contribution in [0, 0.1) is 17.9 Å². The van der Waals surface area contributed by atoms with Gasteiger partial charge in [-0.05, 0) is 80.5 Å². The molecule has 56 heavy (non-hydrogen) atoms. The van der Waals surface area contributed by atoms with Crippen molar-refractivity contribution >= 4 is 63.8 Å². The Balaban J connectivity index is 0.725. The first-order valence-corrected chi connectivity index (χ1v) is 20.2. The lowest BCUT2D eigenvalue weighted by molar-refractivity contribution is -0.136. The summed E-state index contributed by atoms with van der Waals surface area (Å²) in [4.78, 5) is 71.9. The smallest absolute Gasteiger partial charge is 0.262 e. The number of pyridine rings is 1. The maximum absolute atomic E-state index is 13.3. The highest BCUT2D eigenvalue weighted by molar-refractivity contribution is 6.33. The number of nitrogens with one attached hydrogen (secondary N) is 1. The minimum atomic E-state index is -0.959. The predicted molar refractivity (Wildman–Crippen MR) is 215 cm³/mol. The van der Waals surface area contributed by atoms with E-state index < -0.39 is 23.8 Å². The van der Waals surface area contributed by atoms with Crippen molar-refractivity contribution < 1.29 is 19.2 Å². The summed E-state index contributed by atoms with van der Waals surface area (Å²) in [6, 6.07) is 15.1. The van der Waals surface area contributed by atoms with E-state index in [-0.39, 0.29) is 18.7 Å². The summed E-state index contributed by atoms with van der Waals surface area (Å²) in [6.07, 6.45) is 5.74. The number of carbonyl (C=O) groups is 4. The molecule has 2 aromatic carbocycles. The van der Waals surface area contributed by atoms with Gasteiger partial charge in [0.2, 0.25) is 17.5 Å². The number of halogens is 1. The first-order chi connectivity index (χ1) is 27.1. The van der Waals surface area contributed by atoms with Crippen LogP contribution in [0.15, 0.2) is 54.7 Å². The quantitative estimate of drug-likeness (QED) is 0.264. The third kappa shape index (κ3) is 6.62. The van der Waals surface area contributed by atoms with Crippen molar-refractivity contribution in [3.8, 4) is 0 Å². The van der Waals surface area contributed by atoms with Crippen molar-refractivity contribution in [3.63, 3.8) is 0 Å². The summed E-state index contributed by atoms with van der Waals surface area (Å²) in [6.45, 7) is 19.3. The molecule has 0 bridgehead atoms. The molecule has 1 N–H and O–H groups in total. The number of nitrogens with zero attached hydrogens (tertiary/aromatic N) is 8. The van der Waals surface area contributed by atoms with E-state index in [4.69, 9.17) is 23.2 Å². The molecule has 7 heterocycles. The monoisotopic (exact) mass is 775 g/mol. The van der Waals surface area contributed by atoms with E-state index in [2.05, 4.69) is 53.7 Å². The van der Waals surface area contributed by atoms with Gasteiger partial charge < -0.3 is 19.6 Å². The lowest BCUT2D eigenvalue weighted by Gasteiger charge is -2.45. The highest BCUT2D eigenvalue weighted by atomic mass is 35.5. The maximum atomic E-state index is 13.3. The summed E-state index contributed by atoms with van der Waals surface area (Å²) < 4.78 is 0. The van der Waals surface area contributed by atoms with Crippen LogP contribution in [0.5, 0.6) is 0 Å². The summed E-state index contributed by atoms with van der Waals surface area (Å²) in [5, 5.41) is 2.77. The molecule has 1 spiro atoms. The van der Waals surface area contributed by atoms with Crippen LogP contribution in [0.3, 0.4) is 0 Å². The first kappa shape index (κ1) is 36.4. The third-order valence-electron chi connectivity index (χ3n) is 13.0. The molecule has 14 heteroatoms. The van der Waals surface area contributed by atoms with Gasteiger partial charge in [0.25, 0.3) is 11.8 Å². The Kier molecular flexibility index (Phi) is 9.37. The molecule has 3 aromatic rings. The minimum Gasteiger partial charge on any atom is -0.371 e. The molecule has 9 rings (SSSR count). The molecule has 290 valence electrons. The van der Waals surface area contributed by atoms with Gasteiger partial charge in [0.1, 0.15) is 11.9 Å². The summed E-state index contributed by atoms with van der Waals surface area (Å²) in [5.41, 5.74) is 4.63. The van der Waals surface area contributed by atoms with Crippen LogP contribution in [0.2, 0.25) is 5.02 Å². The zero-order chi connectivity index (χ0) is 38.7. The molecule has 1 aromatic heterocycles. The number of amides is 4. The van der Waals surface area contributed by atoms with E-state index >= 15 is 0 Å². The lowest BCUT2D eigenvalue weighted by atomic mass is 9.76. The lowest BCUT2D eigenvalue weighted by Crippen LogP contribution is -2.55. The fourth-order valence-electron chi connectivity index (χ4n) is 9.86. The van der Waals surface area contributed by atoms with Gasteiger partial charge >= 0.3 is 0 Å². The summed E-state index contributed by atoms with van der Waals surface area (Å²) in [5.74, 6) is -0.388. The van der Waals surface area contributed by atoms with Crippen LogP contribution in [0.1, 0.15) is 59.7 Å². The zero-order valence-electron chi connectivity index (χ0n) is 31.6. The average Bonchev–Trinajstić information content (AvgIpc) is 3.64. The van der Waals surface area contributed by atoms with Crippen LogP contribution in [0.4, 0.5) is 28.6 Å². The number of carbonyl (C=O) groups excluding carboxylic acids is 4. The number of rotatable bonds is 7. The van der Waals surface area contributed by atoms with Gasteiger partial charge in [0, 0.05) is 100 Å². The van der Waals surface area contributed by atoms with E-state index in [0.717, 1.165) is 100 Å². The van der Waals surface area contributed by atoms with Gasteiger partial charge in [-0.2, -0.15) is 0 Å².